The van der Waals surface area contributed by atoms with Crippen molar-refractivity contribution in [1.82, 2.24) is 0 Å². The van der Waals surface area contributed by atoms with Gasteiger partial charge in [-0.15, -0.1) is 0 Å². The van der Waals surface area contributed by atoms with Gasteiger partial charge in [-0.3, -0.25) is 0 Å². The molecule has 0 aliphatic heterocycles. The van der Waals surface area contributed by atoms with E-state index in [4.69, 9.17) is 0 Å². The highest BCUT2D eigenvalue weighted by atomic mass is 16.3. The monoisotopic (exact) mass is 464 g/mol. The first-order valence-electron chi connectivity index (χ1n) is 13.8. The summed E-state index contributed by atoms with van der Waals surface area (Å²) in [6.45, 7) is 13.4. The zero-order valence-corrected chi connectivity index (χ0v) is 22.4. The summed E-state index contributed by atoms with van der Waals surface area (Å²) in [7, 11) is 0. The van der Waals surface area contributed by atoms with Gasteiger partial charge in [-0.2, -0.15) is 0 Å². The number of aryl methyl sites for hydroxylation is 6. The van der Waals surface area contributed by atoms with Gasteiger partial charge in [0.25, 0.3) is 0 Å². The molecule has 0 radical (unpaired) electrons. The quantitative estimate of drug-likeness (QED) is 0.363. The first-order valence-corrected chi connectivity index (χ1v) is 13.8. The van der Waals surface area contributed by atoms with Crippen molar-refractivity contribution < 1.29 is 5.11 Å². The molecular weight excluding hydrogens is 424 g/mol. The van der Waals surface area contributed by atoms with Gasteiger partial charge in [-0.1, -0.05) is 36.4 Å². The van der Waals surface area contributed by atoms with Gasteiger partial charge in [-0.05, 0) is 165 Å². The second kappa shape index (κ2) is 8.07. The summed E-state index contributed by atoms with van der Waals surface area (Å²) in [6.07, 6.45) is 7.79. The Kier molecular flexibility index (Phi) is 5.31. The number of aliphatic hydroxyl groups is 1. The summed E-state index contributed by atoms with van der Waals surface area (Å²) < 4.78 is 0. The Balaban J connectivity index is 1.58. The minimum atomic E-state index is -1.17. The molecule has 6 rings (SSSR count). The summed E-state index contributed by atoms with van der Waals surface area (Å²) in [6, 6.07) is 13.7. The molecule has 0 spiro atoms. The Labute approximate surface area is 211 Å². The topological polar surface area (TPSA) is 20.2 Å². The second-order valence-corrected chi connectivity index (χ2v) is 12.1. The zero-order valence-electron chi connectivity index (χ0n) is 22.4. The molecule has 1 N–H and O–H groups in total. The van der Waals surface area contributed by atoms with Crippen LogP contribution in [0.25, 0.3) is 0 Å². The number of hydrogen-bond acceptors (Lipinski definition) is 1. The van der Waals surface area contributed by atoms with Crippen molar-refractivity contribution in [2.75, 3.05) is 0 Å². The Morgan fingerprint density at radius 3 is 0.829 bits per heavy atom. The lowest BCUT2D eigenvalue weighted by Crippen LogP contribution is -2.30. The third-order valence-corrected chi connectivity index (χ3v) is 8.99. The van der Waals surface area contributed by atoms with Crippen LogP contribution >= 0.6 is 0 Å². The summed E-state index contributed by atoms with van der Waals surface area (Å²) in [5.74, 6) is 2.13. The van der Waals surface area contributed by atoms with Crippen LogP contribution in [0.4, 0.5) is 0 Å². The highest BCUT2D eigenvalue weighted by molar-refractivity contribution is 5.57. The third kappa shape index (κ3) is 3.87. The van der Waals surface area contributed by atoms with Crippen LogP contribution in [0.2, 0.25) is 0 Å². The SMILES string of the molecule is Cc1cc(C(O)(c2cc(C)c(C3CC3)c(C)c2)c2cc(C)c(C3CC3)c(C)c2)cc(C)c1C1CC1. The molecule has 3 aromatic carbocycles. The average molecular weight is 465 g/mol. The average Bonchev–Trinajstić information content (AvgIpc) is 3.63. The molecule has 0 heterocycles. The van der Waals surface area contributed by atoms with Crippen molar-refractivity contribution in [2.45, 2.75) is 103 Å². The standard InChI is InChI=1S/C34H40O/c1-19-13-28(14-20(2)31(19)25-7-8-25)34(35,29-15-21(3)32(22(4)16-29)26-9-10-26)30-17-23(5)33(24(6)18-30)27-11-12-27/h13-18,25-27,35H,7-12H2,1-6H3. The van der Waals surface area contributed by atoms with Crippen molar-refractivity contribution in [3.63, 3.8) is 0 Å². The molecule has 3 aliphatic rings. The van der Waals surface area contributed by atoms with Crippen molar-refractivity contribution in [3.8, 4) is 0 Å². The smallest absolute Gasteiger partial charge is 0.140 e. The lowest BCUT2D eigenvalue weighted by Gasteiger charge is -2.33. The van der Waals surface area contributed by atoms with Crippen molar-refractivity contribution in [2.24, 2.45) is 0 Å². The predicted molar refractivity (Wildman–Crippen MR) is 146 cm³/mol. The van der Waals surface area contributed by atoms with E-state index in [9.17, 15) is 5.11 Å². The van der Waals surface area contributed by atoms with Crippen LogP contribution < -0.4 is 0 Å². The van der Waals surface area contributed by atoms with Crippen LogP contribution in [-0.4, -0.2) is 5.11 Å². The molecule has 3 aliphatic carbocycles. The van der Waals surface area contributed by atoms with Crippen LogP contribution in [-0.2, 0) is 5.60 Å². The number of benzene rings is 3. The van der Waals surface area contributed by atoms with Crippen molar-refractivity contribution in [3.05, 3.63) is 103 Å². The second-order valence-electron chi connectivity index (χ2n) is 12.1. The van der Waals surface area contributed by atoms with Gasteiger partial charge in [0.15, 0.2) is 0 Å². The molecule has 1 nitrogen and oxygen atoms in total. The van der Waals surface area contributed by atoms with E-state index < -0.39 is 5.60 Å². The molecule has 182 valence electrons. The molecule has 3 fully saturated rings. The maximum atomic E-state index is 12.9. The molecule has 0 atom stereocenters. The highest BCUT2D eigenvalue weighted by Crippen LogP contribution is 2.49. The van der Waals surface area contributed by atoms with E-state index in [-0.39, 0.29) is 0 Å². The predicted octanol–water partition coefficient (Wildman–Crippen LogP) is 8.45. The maximum Gasteiger partial charge on any atom is 0.140 e. The Morgan fingerprint density at radius 2 is 0.657 bits per heavy atom. The molecule has 3 aromatic rings. The van der Waals surface area contributed by atoms with E-state index in [1.165, 1.54) is 88.6 Å². The van der Waals surface area contributed by atoms with E-state index in [1.807, 2.05) is 0 Å². The van der Waals surface area contributed by atoms with E-state index in [0.29, 0.717) is 17.8 Å². The molecule has 0 bridgehead atoms. The Bertz CT molecular complexity index is 1100. The first kappa shape index (κ1) is 23.0. The fourth-order valence-electron chi connectivity index (χ4n) is 7.10. The highest BCUT2D eigenvalue weighted by Gasteiger charge is 2.39. The first-order chi connectivity index (χ1) is 16.7. The van der Waals surface area contributed by atoms with E-state index in [0.717, 1.165) is 16.7 Å². The lowest BCUT2D eigenvalue weighted by molar-refractivity contribution is 0.125. The fourth-order valence-corrected chi connectivity index (χ4v) is 7.10. The summed E-state index contributed by atoms with van der Waals surface area (Å²) in [4.78, 5) is 0. The molecule has 0 amide bonds. The van der Waals surface area contributed by atoms with Crippen LogP contribution in [0, 0.1) is 41.5 Å². The summed E-state index contributed by atoms with van der Waals surface area (Å²) >= 11 is 0. The molecule has 0 aromatic heterocycles. The van der Waals surface area contributed by atoms with Gasteiger partial charge in [0.2, 0.25) is 0 Å². The van der Waals surface area contributed by atoms with Crippen LogP contribution in [0.15, 0.2) is 36.4 Å². The molecule has 0 unspecified atom stereocenters. The van der Waals surface area contributed by atoms with Crippen LogP contribution in [0.5, 0.6) is 0 Å². The summed E-state index contributed by atoms with van der Waals surface area (Å²) in [5.41, 5.74) is 14.3. The van der Waals surface area contributed by atoms with Gasteiger partial charge >= 0.3 is 0 Å². The van der Waals surface area contributed by atoms with Crippen LogP contribution in [0.3, 0.4) is 0 Å². The molecule has 3 saturated carbocycles. The van der Waals surface area contributed by atoms with E-state index in [1.54, 1.807) is 0 Å². The van der Waals surface area contributed by atoms with Crippen molar-refractivity contribution >= 4 is 0 Å². The molecule has 0 saturated heterocycles. The largest absolute Gasteiger partial charge is 0.376 e. The van der Waals surface area contributed by atoms with Gasteiger partial charge < -0.3 is 5.11 Å². The minimum Gasteiger partial charge on any atom is -0.376 e. The van der Waals surface area contributed by atoms with Gasteiger partial charge in [0.1, 0.15) is 5.60 Å². The Hall–Kier alpha value is -2.38. The normalized spacial score (nSPS) is 18.3. The minimum absolute atomic E-state index is 0.710. The van der Waals surface area contributed by atoms with E-state index in [2.05, 4.69) is 77.9 Å². The van der Waals surface area contributed by atoms with Gasteiger partial charge in [0.05, 0.1) is 0 Å². The lowest BCUT2D eigenvalue weighted by atomic mass is 9.75. The van der Waals surface area contributed by atoms with Gasteiger partial charge in [-0.25, -0.2) is 0 Å². The number of rotatable bonds is 6. The van der Waals surface area contributed by atoms with Gasteiger partial charge in [0, 0.05) is 0 Å². The summed E-state index contributed by atoms with van der Waals surface area (Å²) in [5, 5.41) is 12.9. The van der Waals surface area contributed by atoms with Crippen LogP contribution in [0.1, 0.15) is 123 Å². The number of hydrogen-bond donors (Lipinski definition) is 1. The maximum absolute atomic E-state index is 12.9. The Morgan fingerprint density at radius 1 is 0.457 bits per heavy atom. The zero-order chi connectivity index (χ0) is 24.6. The molecule has 35 heavy (non-hydrogen) atoms. The van der Waals surface area contributed by atoms with Crippen molar-refractivity contribution in [1.29, 1.82) is 0 Å². The third-order valence-electron chi connectivity index (χ3n) is 8.99. The molecule has 1 heteroatoms. The fraction of sp³-hybridized carbons (Fsp3) is 0.471. The molecular formula is C34H40O. The van der Waals surface area contributed by atoms with E-state index >= 15 is 0 Å².